The monoisotopic (exact) mass is 296 g/mol. The summed E-state index contributed by atoms with van der Waals surface area (Å²) < 4.78 is 9.86. The molecule has 22 heavy (non-hydrogen) atoms. The lowest BCUT2D eigenvalue weighted by molar-refractivity contribution is 0.419. The van der Waals surface area contributed by atoms with Gasteiger partial charge in [-0.1, -0.05) is 49.3 Å². The van der Waals surface area contributed by atoms with E-state index in [4.69, 9.17) is 9.05 Å². The van der Waals surface area contributed by atoms with Gasteiger partial charge in [0.25, 0.3) is 0 Å². The van der Waals surface area contributed by atoms with Crippen LogP contribution in [0.1, 0.15) is 48.6 Å². The molecule has 0 fully saturated rings. The summed E-state index contributed by atoms with van der Waals surface area (Å²) in [5, 5.41) is 7.55. The number of hydrogen-bond donors (Lipinski definition) is 0. The van der Waals surface area contributed by atoms with Gasteiger partial charge >= 0.3 is 0 Å². The molecule has 3 aromatic rings. The minimum Gasteiger partial charge on any atom is -0.364 e. The molecular formula is C18H20N2O2. The van der Waals surface area contributed by atoms with Crippen LogP contribution in [0.2, 0.25) is 0 Å². The number of rotatable bonds is 4. The van der Waals surface area contributed by atoms with Crippen molar-refractivity contribution >= 4 is 0 Å². The Morgan fingerprint density at radius 1 is 0.773 bits per heavy atom. The first-order chi connectivity index (χ1) is 10.5. The molecule has 114 valence electrons. The van der Waals surface area contributed by atoms with Crippen LogP contribution < -0.4 is 0 Å². The van der Waals surface area contributed by atoms with E-state index >= 15 is 0 Å². The lowest BCUT2D eigenvalue weighted by Gasteiger charge is -2.21. The van der Waals surface area contributed by atoms with Gasteiger partial charge in [0, 0.05) is 24.0 Å². The second-order valence-electron chi connectivity index (χ2n) is 6.71. The Morgan fingerprint density at radius 2 is 1.27 bits per heavy atom. The Balaban J connectivity index is 1.94. The van der Waals surface area contributed by atoms with Crippen molar-refractivity contribution in [1.29, 1.82) is 0 Å². The van der Waals surface area contributed by atoms with Gasteiger partial charge in [-0.2, -0.15) is 0 Å². The summed E-state index contributed by atoms with van der Waals surface area (Å²) in [5.74, 6) is 0. The van der Waals surface area contributed by atoms with E-state index in [1.54, 1.807) is 24.9 Å². The van der Waals surface area contributed by atoms with E-state index in [1.807, 2.05) is 0 Å². The van der Waals surface area contributed by atoms with Crippen molar-refractivity contribution in [2.75, 3.05) is 0 Å². The van der Waals surface area contributed by atoms with Crippen LogP contribution in [-0.4, -0.2) is 10.3 Å². The number of benzene rings is 1. The number of aromatic nitrogens is 2. The van der Waals surface area contributed by atoms with E-state index < -0.39 is 0 Å². The summed E-state index contributed by atoms with van der Waals surface area (Å²) in [6.45, 7) is 6.69. The molecule has 0 unspecified atom stereocenters. The third-order valence-electron chi connectivity index (χ3n) is 3.70. The molecule has 4 nitrogen and oxygen atoms in total. The van der Waals surface area contributed by atoms with Crippen molar-refractivity contribution in [3.63, 3.8) is 0 Å². The Hall–Kier alpha value is -2.36. The molecule has 4 heteroatoms. The molecule has 0 aliphatic heterocycles. The van der Waals surface area contributed by atoms with E-state index in [1.165, 1.54) is 16.7 Å². The van der Waals surface area contributed by atoms with E-state index in [0.29, 0.717) is 0 Å². The fourth-order valence-corrected chi connectivity index (χ4v) is 2.50. The van der Waals surface area contributed by atoms with Crippen LogP contribution in [0.15, 0.2) is 52.2 Å². The van der Waals surface area contributed by atoms with Crippen LogP contribution in [0, 0.1) is 0 Å². The van der Waals surface area contributed by atoms with Crippen LogP contribution in [0.25, 0.3) is 0 Å². The summed E-state index contributed by atoms with van der Waals surface area (Å²) in [5.41, 5.74) is 6.13. The minimum absolute atomic E-state index is 0.105. The predicted octanol–water partition coefficient (Wildman–Crippen LogP) is 4.14. The third kappa shape index (κ3) is 3.45. The van der Waals surface area contributed by atoms with Crippen molar-refractivity contribution in [3.8, 4) is 0 Å². The Labute approximate surface area is 130 Å². The van der Waals surface area contributed by atoms with Crippen molar-refractivity contribution in [1.82, 2.24) is 10.3 Å². The van der Waals surface area contributed by atoms with Gasteiger partial charge in [-0.25, -0.2) is 0 Å². The highest BCUT2D eigenvalue weighted by Gasteiger charge is 2.16. The molecule has 3 rings (SSSR count). The second-order valence-corrected chi connectivity index (χ2v) is 6.71. The van der Waals surface area contributed by atoms with Crippen molar-refractivity contribution < 1.29 is 9.05 Å². The summed E-state index contributed by atoms with van der Waals surface area (Å²) in [7, 11) is 0. The highest BCUT2D eigenvalue weighted by atomic mass is 16.5. The van der Waals surface area contributed by atoms with Gasteiger partial charge in [0.2, 0.25) is 0 Å². The standard InChI is InChI=1S/C18H20N2O2/c1-18(2,3)17-7-13(5-15-9-19-21-11-15)4-14(8-17)6-16-10-20-22-12-16/h4,7-12H,5-6H2,1-3H3. The molecule has 2 heterocycles. The molecule has 0 atom stereocenters. The van der Waals surface area contributed by atoms with Crippen LogP contribution in [0.5, 0.6) is 0 Å². The lowest BCUT2D eigenvalue weighted by Crippen LogP contribution is -2.12. The van der Waals surface area contributed by atoms with Crippen LogP contribution in [-0.2, 0) is 18.3 Å². The van der Waals surface area contributed by atoms with Crippen LogP contribution in [0.3, 0.4) is 0 Å². The van der Waals surface area contributed by atoms with Crippen molar-refractivity contribution in [3.05, 3.63) is 70.9 Å². The molecule has 1 aromatic carbocycles. The van der Waals surface area contributed by atoms with E-state index in [9.17, 15) is 0 Å². The lowest BCUT2D eigenvalue weighted by atomic mass is 9.84. The Bertz CT molecular complexity index is 669. The summed E-state index contributed by atoms with van der Waals surface area (Å²) in [4.78, 5) is 0. The van der Waals surface area contributed by atoms with Gasteiger partial charge in [-0.3, -0.25) is 0 Å². The molecule has 0 amide bonds. The maximum atomic E-state index is 4.93. The first kappa shape index (κ1) is 14.6. The van der Waals surface area contributed by atoms with Crippen molar-refractivity contribution in [2.45, 2.75) is 39.0 Å². The van der Waals surface area contributed by atoms with E-state index in [-0.39, 0.29) is 5.41 Å². The zero-order valence-electron chi connectivity index (χ0n) is 13.2. The van der Waals surface area contributed by atoms with Crippen LogP contribution >= 0.6 is 0 Å². The largest absolute Gasteiger partial charge is 0.364 e. The maximum absolute atomic E-state index is 4.93. The molecule has 0 spiro atoms. The molecule has 0 aliphatic carbocycles. The predicted molar refractivity (Wildman–Crippen MR) is 83.8 cm³/mol. The van der Waals surface area contributed by atoms with Gasteiger partial charge in [-0.15, -0.1) is 0 Å². The van der Waals surface area contributed by atoms with Gasteiger partial charge in [0.05, 0.1) is 12.4 Å². The summed E-state index contributed by atoms with van der Waals surface area (Å²) in [6.07, 6.45) is 8.58. The smallest absolute Gasteiger partial charge is 0.127 e. The Kier molecular flexibility index (Phi) is 3.84. The zero-order valence-corrected chi connectivity index (χ0v) is 13.2. The van der Waals surface area contributed by atoms with Crippen molar-refractivity contribution in [2.24, 2.45) is 0 Å². The molecule has 0 radical (unpaired) electrons. The zero-order chi connectivity index (χ0) is 15.6. The highest BCUT2D eigenvalue weighted by molar-refractivity contribution is 5.37. The Morgan fingerprint density at radius 3 is 1.64 bits per heavy atom. The van der Waals surface area contributed by atoms with E-state index in [0.717, 1.165) is 24.0 Å². The fourth-order valence-electron chi connectivity index (χ4n) is 2.50. The maximum Gasteiger partial charge on any atom is 0.127 e. The highest BCUT2D eigenvalue weighted by Crippen LogP contribution is 2.26. The third-order valence-corrected chi connectivity index (χ3v) is 3.70. The molecule has 0 bridgehead atoms. The summed E-state index contributed by atoms with van der Waals surface area (Å²) in [6, 6.07) is 6.77. The average Bonchev–Trinajstić information content (AvgIpc) is 3.11. The average molecular weight is 296 g/mol. The quantitative estimate of drug-likeness (QED) is 0.726. The molecule has 0 saturated heterocycles. The van der Waals surface area contributed by atoms with Gasteiger partial charge in [-0.05, 0) is 22.1 Å². The molecular weight excluding hydrogens is 276 g/mol. The van der Waals surface area contributed by atoms with Gasteiger partial charge < -0.3 is 9.05 Å². The molecule has 0 aliphatic rings. The first-order valence-corrected chi connectivity index (χ1v) is 7.40. The second kappa shape index (κ2) is 5.79. The van der Waals surface area contributed by atoms with Gasteiger partial charge in [0.1, 0.15) is 12.5 Å². The topological polar surface area (TPSA) is 52.1 Å². The minimum atomic E-state index is 0.105. The van der Waals surface area contributed by atoms with E-state index in [2.05, 4.69) is 49.3 Å². The fraction of sp³-hybridized carbons (Fsp3) is 0.333. The molecule has 0 saturated carbocycles. The normalized spacial score (nSPS) is 11.8. The SMILES string of the molecule is CC(C)(C)c1cc(Cc2cnoc2)cc(Cc2cnoc2)c1. The van der Waals surface area contributed by atoms with Crippen LogP contribution in [0.4, 0.5) is 0 Å². The van der Waals surface area contributed by atoms with Gasteiger partial charge in [0.15, 0.2) is 0 Å². The molecule has 0 N–H and O–H groups in total. The first-order valence-electron chi connectivity index (χ1n) is 7.40. The number of hydrogen-bond acceptors (Lipinski definition) is 4. The number of nitrogens with zero attached hydrogens (tertiary/aromatic N) is 2. The summed E-state index contributed by atoms with van der Waals surface area (Å²) >= 11 is 0. The molecule has 2 aromatic heterocycles.